The summed E-state index contributed by atoms with van der Waals surface area (Å²) >= 11 is 5.98. The van der Waals surface area contributed by atoms with Gasteiger partial charge in [0.2, 0.25) is 10.0 Å². The Balaban J connectivity index is 3.35. The van der Waals surface area contributed by atoms with Crippen molar-refractivity contribution in [1.29, 1.82) is 0 Å². The lowest BCUT2D eigenvalue weighted by molar-refractivity contribution is 0.333. The summed E-state index contributed by atoms with van der Waals surface area (Å²) in [5.41, 5.74) is 6.80. The van der Waals surface area contributed by atoms with E-state index in [1.165, 1.54) is 10.4 Å². The summed E-state index contributed by atoms with van der Waals surface area (Å²) in [6, 6.07) is 3.06. The van der Waals surface area contributed by atoms with E-state index in [4.69, 9.17) is 17.3 Å². The number of nitrogens with two attached hydrogens (primary N) is 1. The molecule has 0 saturated heterocycles. The minimum atomic E-state index is -3.60. The molecule has 0 heterocycles. The molecule has 0 bridgehead atoms. The summed E-state index contributed by atoms with van der Waals surface area (Å²) in [6.45, 7) is 10.7. The lowest BCUT2D eigenvalue weighted by atomic mass is 10.2. The molecule has 1 aromatic carbocycles. The summed E-state index contributed by atoms with van der Waals surface area (Å²) in [4.78, 5) is 0.203. The Labute approximate surface area is 133 Å². The second-order valence-electron chi connectivity index (χ2n) is 6.23. The second kappa shape index (κ2) is 6.99. The van der Waals surface area contributed by atoms with Gasteiger partial charge in [0, 0.05) is 23.8 Å². The maximum Gasteiger partial charge on any atom is 0.243 e. The van der Waals surface area contributed by atoms with Gasteiger partial charge in [0.25, 0.3) is 0 Å². The maximum absolute atomic E-state index is 12.9. The molecule has 0 spiro atoms. The fraction of sp³-hybridized carbons (Fsp3) is 0.600. The van der Waals surface area contributed by atoms with Gasteiger partial charge in [0.1, 0.15) is 0 Å². The van der Waals surface area contributed by atoms with Gasteiger partial charge in [-0.3, -0.25) is 0 Å². The molecule has 0 aliphatic carbocycles. The number of halogens is 1. The van der Waals surface area contributed by atoms with Crippen molar-refractivity contribution >= 4 is 27.3 Å². The number of benzene rings is 1. The van der Waals surface area contributed by atoms with E-state index in [1.807, 2.05) is 27.7 Å². The molecular weight excluding hydrogens is 308 g/mol. The van der Waals surface area contributed by atoms with Crippen LogP contribution < -0.4 is 5.73 Å². The van der Waals surface area contributed by atoms with Gasteiger partial charge in [-0.1, -0.05) is 39.3 Å². The number of hydrogen-bond acceptors (Lipinski definition) is 3. The number of nitrogen functional groups attached to an aromatic ring is 1. The zero-order chi connectivity index (χ0) is 16.4. The standard InChI is InChI=1S/C15H25ClN2O2S/c1-10(2)8-18(9-11(3)4)21(19,20)15-7-13(16)6-14(17)12(15)5/h6-7,10-11H,8-9,17H2,1-5H3. The van der Waals surface area contributed by atoms with Gasteiger partial charge in [-0.25, -0.2) is 8.42 Å². The van der Waals surface area contributed by atoms with Crippen molar-refractivity contribution in [1.82, 2.24) is 4.31 Å². The van der Waals surface area contributed by atoms with E-state index < -0.39 is 10.0 Å². The van der Waals surface area contributed by atoms with E-state index in [-0.39, 0.29) is 16.7 Å². The Morgan fingerprint density at radius 2 is 1.62 bits per heavy atom. The smallest absolute Gasteiger partial charge is 0.243 e. The van der Waals surface area contributed by atoms with E-state index in [0.717, 1.165) is 0 Å². The Morgan fingerprint density at radius 3 is 2.05 bits per heavy atom. The van der Waals surface area contributed by atoms with Crippen molar-refractivity contribution in [3.63, 3.8) is 0 Å². The van der Waals surface area contributed by atoms with E-state index in [1.54, 1.807) is 13.0 Å². The molecule has 6 heteroatoms. The minimum Gasteiger partial charge on any atom is -0.398 e. The van der Waals surface area contributed by atoms with Crippen LogP contribution in [0, 0.1) is 18.8 Å². The molecule has 120 valence electrons. The van der Waals surface area contributed by atoms with Crippen LogP contribution >= 0.6 is 11.6 Å². The number of hydrogen-bond donors (Lipinski definition) is 1. The Bertz CT molecular complexity index is 588. The third-order valence-corrected chi connectivity index (χ3v) is 5.30. The van der Waals surface area contributed by atoms with Crippen molar-refractivity contribution in [3.05, 3.63) is 22.7 Å². The van der Waals surface area contributed by atoms with Gasteiger partial charge < -0.3 is 5.73 Å². The Morgan fingerprint density at radius 1 is 1.14 bits per heavy atom. The minimum absolute atomic E-state index is 0.203. The molecule has 4 nitrogen and oxygen atoms in total. The topological polar surface area (TPSA) is 63.4 Å². The molecule has 0 aromatic heterocycles. The first-order valence-corrected chi connectivity index (χ1v) is 8.93. The first-order chi connectivity index (χ1) is 9.55. The summed E-state index contributed by atoms with van der Waals surface area (Å²) in [7, 11) is -3.60. The molecule has 0 radical (unpaired) electrons. The van der Waals surface area contributed by atoms with Gasteiger partial charge >= 0.3 is 0 Å². The molecule has 0 fully saturated rings. The highest BCUT2D eigenvalue weighted by atomic mass is 35.5. The summed E-state index contributed by atoms with van der Waals surface area (Å²) in [6.07, 6.45) is 0. The Kier molecular flexibility index (Phi) is 6.08. The van der Waals surface area contributed by atoms with Crippen LogP contribution in [0.25, 0.3) is 0 Å². The Hall–Kier alpha value is -0.780. The summed E-state index contributed by atoms with van der Waals surface area (Å²) < 4.78 is 27.4. The largest absolute Gasteiger partial charge is 0.398 e. The number of rotatable bonds is 6. The summed E-state index contributed by atoms with van der Waals surface area (Å²) in [5.74, 6) is 0.491. The van der Waals surface area contributed by atoms with E-state index in [2.05, 4.69) is 0 Å². The molecule has 21 heavy (non-hydrogen) atoms. The van der Waals surface area contributed by atoms with Crippen LogP contribution in [-0.2, 0) is 10.0 Å². The average molecular weight is 333 g/mol. The summed E-state index contributed by atoms with van der Waals surface area (Å²) in [5, 5.41) is 0.339. The molecule has 1 rings (SSSR count). The van der Waals surface area contributed by atoms with E-state index in [9.17, 15) is 8.42 Å². The predicted octanol–water partition coefficient (Wildman–Crippen LogP) is 3.53. The van der Waals surface area contributed by atoms with Gasteiger partial charge in [-0.2, -0.15) is 4.31 Å². The highest BCUT2D eigenvalue weighted by Crippen LogP contribution is 2.29. The average Bonchev–Trinajstić information content (AvgIpc) is 2.31. The molecular formula is C15H25ClN2O2S. The number of sulfonamides is 1. The zero-order valence-corrected chi connectivity index (χ0v) is 14.9. The molecule has 0 aliphatic rings. The lowest BCUT2D eigenvalue weighted by Gasteiger charge is -2.26. The van der Waals surface area contributed by atoms with E-state index >= 15 is 0 Å². The van der Waals surface area contributed by atoms with Crippen LogP contribution in [0.1, 0.15) is 33.3 Å². The third-order valence-electron chi connectivity index (χ3n) is 3.12. The first-order valence-electron chi connectivity index (χ1n) is 7.11. The van der Waals surface area contributed by atoms with Crippen LogP contribution in [0.5, 0.6) is 0 Å². The molecule has 0 unspecified atom stereocenters. The van der Waals surface area contributed by atoms with Crippen molar-refractivity contribution in [2.75, 3.05) is 18.8 Å². The van der Waals surface area contributed by atoms with Crippen molar-refractivity contribution in [2.45, 2.75) is 39.5 Å². The molecule has 0 aliphatic heterocycles. The van der Waals surface area contributed by atoms with Crippen molar-refractivity contribution < 1.29 is 8.42 Å². The molecule has 0 atom stereocenters. The molecule has 2 N–H and O–H groups in total. The predicted molar refractivity (Wildman–Crippen MR) is 89.0 cm³/mol. The van der Waals surface area contributed by atoms with Crippen LogP contribution in [0.15, 0.2) is 17.0 Å². The molecule has 0 amide bonds. The fourth-order valence-corrected chi connectivity index (χ4v) is 4.51. The van der Waals surface area contributed by atoms with Crippen LogP contribution in [0.4, 0.5) is 5.69 Å². The molecule has 0 saturated carbocycles. The monoisotopic (exact) mass is 332 g/mol. The zero-order valence-electron chi connectivity index (χ0n) is 13.4. The van der Waals surface area contributed by atoms with Gasteiger partial charge in [0.05, 0.1) is 4.90 Å². The van der Waals surface area contributed by atoms with Crippen molar-refractivity contribution in [2.24, 2.45) is 11.8 Å². The highest BCUT2D eigenvalue weighted by molar-refractivity contribution is 7.89. The number of anilines is 1. The quantitative estimate of drug-likeness (QED) is 0.810. The lowest BCUT2D eigenvalue weighted by Crippen LogP contribution is -2.37. The van der Waals surface area contributed by atoms with Crippen LogP contribution in [0.3, 0.4) is 0 Å². The fourth-order valence-electron chi connectivity index (χ4n) is 2.17. The third kappa shape index (κ3) is 4.59. The first kappa shape index (κ1) is 18.3. The van der Waals surface area contributed by atoms with Crippen molar-refractivity contribution in [3.8, 4) is 0 Å². The normalized spacial score (nSPS) is 12.6. The highest BCUT2D eigenvalue weighted by Gasteiger charge is 2.28. The maximum atomic E-state index is 12.9. The van der Waals surface area contributed by atoms with Crippen LogP contribution in [-0.4, -0.2) is 25.8 Å². The SMILES string of the molecule is Cc1c(N)cc(Cl)cc1S(=O)(=O)N(CC(C)C)CC(C)C. The van der Waals surface area contributed by atoms with Gasteiger partial charge in [-0.15, -0.1) is 0 Å². The number of nitrogens with zero attached hydrogens (tertiary/aromatic N) is 1. The van der Waals surface area contributed by atoms with Gasteiger partial charge in [-0.05, 0) is 36.5 Å². The molecule has 1 aromatic rings. The van der Waals surface area contributed by atoms with E-state index in [0.29, 0.717) is 29.4 Å². The second-order valence-corrected chi connectivity index (χ2v) is 8.57. The van der Waals surface area contributed by atoms with Gasteiger partial charge in [0.15, 0.2) is 0 Å². The van der Waals surface area contributed by atoms with Crippen LogP contribution in [0.2, 0.25) is 5.02 Å².